The highest BCUT2D eigenvalue weighted by Gasteiger charge is 2.53. The highest BCUT2D eigenvalue weighted by atomic mass is 19.1. The zero-order valence-corrected chi connectivity index (χ0v) is 23.1. The summed E-state index contributed by atoms with van der Waals surface area (Å²) in [6, 6.07) is 15.4. The van der Waals surface area contributed by atoms with Crippen molar-refractivity contribution in [3.63, 3.8) is 0 Å². The molecule has 1 saturated carbocycles. The van der Waals surface area contributed by atoms with E-state index in [9.17, 15) is 4.39 Å². The lowest BCUT2D eigenvalue weighted by atomic mass is 9.69. The third kappa shape index (κ3) is 5.06. The third-order valence-corrected chi connectivity index (χ3v) is 8.29. The van der Waals surface area contributed by atoms with Gasteiger partial charge in [-0.05, 0) is 83.1 Å². The van der Waals surface area contributed by atoms with Crippen LogP contribution in [0.4, 0.5) is 4.39 Å². The van der Waals surface area contributed by atoms with Crippen LogP contribution in [-0.2, 0) is 11.3 Å². The smallest absolute Gasteiger partial charge is 0.248 e. The van der Waals surface area contributed by atoms with Crippen LogP contribution in [0.2, 0.25) is 0 Å². The van der Waals surface area contributed by atoms with E-state index < -0.39 is 5.82 Å². The molecular weight excluding hydrogens is 493 g/mol. The van der Waals surface area contributed by atoms with E-state index in [0.717, 1.165) is 44.4 Å². The number of hydrogen-bond acceptors (Lipinski definition) is 6. The number of ether oxygens (including phenoxy) is 2. The van der Waals surface area contributed by atoms with Crippen LogP contribution in [0.3, 0.4) is 0 Å². The average molecular weight is 530 g/mol. The first kappa shape index (κ1) is 26.0. The molecule has 6 nitrogen and oxygen atoms in total. The molecule has 1 aromatic heterocycles. The third-order valence-electron chi connectivity index (χ3n) is 8.29. The average Bonchev–Trinajstić information content (AvgIpc) is 3.50. The van der Waals surface area contributed by atoms with E-state index in [1.165, 1.54) is 17.2 Å². The number of benzene rings is 2. The maximum absolute atomic E-state index is 14.6. The summed E-state index contributed by atoms with van der Waals surface area (Å²) in [6.07, 6.45) is 8.46. The van der Waals surface area contributed by atoms with E-state index >= 15 is 0 Å². The molecule has 1 unspecified atom stereocenters. The molecule has 0 N–H and O–H groups in total. The lowest BCUT2D eigenvalue weighted by Crippen LogP contribution is -2.54. The van der Waals surface area contributed by atoms with Gasteiger partial charge in [-0.3, -0.25) is 4.90 Å². The molecule has 0 bridgehead atoms. The van der Waals surface area contributed by atoms with E-state index in [0.29, 0.717) is 23.3 Å². The van der Waals surface area contributed by atoms with Crippen LogP contribution in [-0.4, -0.2) is 39.1 Å². The lowest BCUT2D eigenvalue weighted by Gasteiger charge is -2.47. The van der Waals surface area contributed by atoms with Gasteiger partial charge < -0.3 is 13.9 Å². The Bertz CT molecular complexity index is 1410. The zero-order valence-electron chi connectivity index (χ0n) is 23.1. The first-order chi connectivity index (χ1) is 18.7. The second-order valence-corrected chi connectivity index (χ2v) is 11.8. The molecule has 1 aliphatic heterocycles. The first-order valence-electron chi connectivity index (χ1n) is 13.9. The van der Waals surface area contributed by atoms with Crippen molar-refractivity contribution in [1.82, 2.24) is 15.1 Å². The normalized spacial score (nSPS) is 24.5. The Morgan fingerprint density at radius 1 is 1.10 bits per heavy atom. The van der Waals surface area contributed by atoms with Crippen LogP contribution in [0.5, 0.6) is 5.75 Å². The van der Waals surface area contributed by atoms with Crippen LogP contribution in [0.1, 0.15) is 64.8 Å². The molecule has 1 saturated heterocycles. The van der Waals surface area contributed by atoms with Crippen molar-refractivity contribution in [3.8, 4) is 17.2 Å². The van der Waals surface area contributed by atoms with Crippen molar-refractivity contribution in [2.45, 2.75) is 77.3 Å². The summed E-state index contributed by atoms with van der Waals surface area (Å²) in [5.41, 5.74) is 3.81. The number of aromatic nitrogens is 2. The number of rotatable bonds is 6. The quantitative estimate of drug-likeness (QED) is 0.337. The molecule has 3 aromatic rings. The predicted molar refractivity (Wildman–Crippen MR) is 148 cm³/mol. The van der Waals surface area contributed by atoms with E-state index in [1.54, 1.807) is 12.1 Å². The standard InChI is InChI=1S/C32H36FN3O3/c1-21(2)38-28-13-12-25(17-27(28)33)30-35-34-29(39-30)24-11-10-23-14-15-32(18-26(23)16-24)20-37-31(3,4)36(32)19-22-8-6-5-7-9-22/h5-9,11-13,16-17,21,23H,10,14-15,18-20H2,1-4H3/t23?,32-/m0/s1. The Kier molecular flexibility index (Phi) is 6.68. The number of allylic oxidation sites excluding steroid dienone is 3. The number of fused-ring (bicyclic) bond motifs is 1. The highest BCUT2D eigenvalue weighted by Crippen LogP contribution is 2.50. The zero-order chi connectivity index (χ0) is 27.2. The summed E-state index contributed by atoms with van der Waals surface area (Å²) in [7, 11) is 0. The SMILES string of the molecule is CC(C)Oc1ccc(-c2nnc(C3=CCC4CC[C@@]5(COC(C)(C)N5Cc5ccccc5)CC4=C3)o2)cc1F. The summed E-state index contributed by atoms with van der Waals surface area (Å²) in [5.74, 6) is 1.04. The van der Waals surface area contributed by atoms with Gasteiger partial charge in [0.15, 0.2) is 11.6 Å². The van der Waals surface area contributed by atoms with Gasteiger partial charge in [0.25, 0.3) is 0 Å². The van der Waals surface area contributed by atoms with Crippen molar-refractivity contribution in [3.05, 3.63) is 83.5 Å². The van der Waals surface area contributed by atoms with Gasteiger partial charge in [-0.25, -0.2) is 4.39 Å². The number of hydrogen-bond donors (Lipinski definition) is 0. The van der Waals surface area contributed by atoms with Crippen molar-refractivity contribution < 1.29 is 18.3 Å². The lowest BCUT2D eigenvalue weighted by molar-refractivity contribution is -0.0686. The molecule has 2 heterocycles. The second-order valence-electron chi connectivity index (χ2n) is 11.8. The Hall–Kier alpha value is -3.29. The topological polar surface area (TPSA) is 60.6 Å². The molecule has 2 fully saturated rings. The summed E-state index contributed by atoms with van der Waals surface area (Å²) in [6.45, 7) is 9.68. The van der Waals surface area contributed by atoms with Crippen molar-refractivity contribution in [1.29, 1.82) is 0 Å². The van der Waals surface area contributed by atoms with Gasteiger partial charge >= 0.3 is 0 Å². The molecule has 2 aliphatic carbocycles. The monoisotopic (exact) mass is 529 g/mol. The minimum Gasteiger partial charge on any atom is -0.488 e. The van der Waals surface area contributed by atoms with E-state index in [4.69, 9.17) is 13.9 Å². The first-order valence-corrected chi connectivity index (χ1v) is 13.9. The molecular formula is C32H36FN3O3. The van der Waals surface area contributed by atoms with Crippen LogP contribution >= 0.6 is 0 Å². The summed E-state index contributed by atoms with van der Waals surface area (Å²) < 4.78 is 32.5. The second kappa shape index (κ2) is 10.0. The largest absolute Gasteiger partial charge is 0.488 e. The fraction of sp³-hybridized carbons (Fsp3) is 0.438. The van der Waals surface area contributed by atoms with Gasteiger partial charge in [-0.15, -0.1) is 10.2 Å². The van der Waals surface area contributed by atoms with E-state index in [1.807, 2.05) is 13.8 Å². The Balaban J connectivity index is 1.23. The highest BCUT2D eigenvalue weighted by molar-refractivity contribution is 5.71. The van der Waals surface area contributed by atoms with Crippen LogP contribution in [0, 0.1) is 11.7 Å². The molecule has 1 spiro atoms. The van der Waals surface area contributed by atoms with Crippen LogP contribution in [0.15, 0.2) is 70.7 Å². The Morgan fingerprint density at radius 2 is 1.90 bits per heavy atom. The van der Waals surface area contributed by atoms with E-state index in [2.05, 4.69) is 71.4 Å². The van der Waals surface area contributed by atoms with Gasteiger partial charge in [0, 0.05) is 17.7 Å². The molecule has 204 valence electrons. The van der Waals surface area contributed by atoms with Crippen LogP contribution < -0.4 is 4.74 Å². The molecule has 2 atom stereocenters. The van der Waals surface area contributed by atoms with Crippen molar-refractivity contribution in [2.75, 3.05) is 6.61 Å². The van der Waals surface area contributed by atoms with E-state index in [-0.39, 0.29) is 23.1 Å². The van der Waals surface area contributed by atoms with Crippen molar-refractivity contribution >= 4 is 5.57 Å². The maximum atomic E-state index is 14.6. The maximum Gasteiger partial charge on any atom is 0.248 e. The Morgan fingerprint density at radius 3 is 2.67 bits per heavy atom. The molecule has 0 radical (unpaired) electrons. The number of nitrogens with zero attached hydrogens (tertiary/aromatic N) is 3. The van der Waals surface area contributed by atoms with Gasteiger partial charge in [0.05, 0.1) is 18.2 Å². The minimum absolute atomic E-state index is 0.0402. The number of halogens is 1. The van der Waals surface area contributed by atoms with Crippen LogP contribution in [0.25, 0.3) is 17.0 Å². The molecule has 3 aliphatic rings. The summed E-state index contributed by atoms with van der Waals surface area (Å²) in [4.78, 5) is 2.57. The van der Waals surface area contributed by atoms with Gasteiger partial charge in [0.2, 0.25) is 11.8 Å². The van der Waals surface area contributed by atoms with Gasteiger partial charge in [-0.2, -0.15) is 0 Å². The summed E-state index contributed by atoms with van der Waals surface area (Å²) in [5, 5.41) is 8.54. The molecule has 39 heavy (non-hydrogen) atoms. The fourth-order valence-corrected chi connectivity index (χ4v) is 6.31. The fourth-order valence-electron chi connectivity index (χ4n) is 6.31. The Labute approximate surface area is 229 Å². The summed E-state index contributed by atoms with van der Waals surface area (Å²) >= 11 is 0. The predicted octanol–water partition coefficient (Wildman–Crippen LogP) is 7.18. The molecule has 0 amide bonds. The molecule has 7 heteroatoms. The van der Waals surface area contributed by atoms with Gasteiger partial charge in [0.1, 0.15) is 5.72 Å². The molecule has 6 rings (SSSR count). The minimum atomic E-state index is -0.447. The molecule has 2 aromatic carbocycles. The van der Waals surface area contributed by atoms with Crippen molar-refractivity contribution in [2.24, 2.45) is 5.92 Å². The van der Waals surface area contributed by atoms with Gasteiger partial charge in [-0.1, -0.05) is 48.1 Å².